The van der Waals surface area contributed by atoms with Gasteiger partial charge in [-0.15, -0.1) is 0 Å². The van der Waals surface area contributed by atoms with Gasteiger partial charge in [-0.1, -0.05) is 63.3 Å². The minimum atomic E-state index is 0.257. The average molecular weight is 289 g/mol. The monoisotopic (exact) mass is 289 g/mol. The molecule has 2 atom stereocenters. The van der Waals surface area contributed by atoms with E-state index in [-0.39, 0.29) is 12.6 Å². The third-order valence-electron chi connectivity index (χ3n) is 4.71. The van der Waals surface area contributed by atoms with Gasteiger partial charge in [0.05, 0.1) is 6.61 Å². The molecule has 1 heterocycles. The molecule has 2 heteroatoms. The number of hydrogen-bond acceptors (Lipinski definition) is 2. The molecule has 0 radical (unpaired) electrons. The normalized spacial score (nSPS) is 21.8. The summed E-state index contributed by atoms with van der Waals surface area (Å²) in [5.74, 6) is 0.574. The molecule has 0 bridgehead atoms. The smallest absolute Gasteiger partial charge is 0.0584 e. The maximum atomic E-state index is 9.19. The van der Waals surface area contributed by atoms with E-state index < -0.39 is 0 Å². The van der Waals surface area contributed by atoms with Crippen molar-refractivity contribution in [2.24, 2.45) is 0 Å². The molecule has 1 fully saturated rings. The van der Waals surface area contributed by atoms with Gasteiger partial charge < -0.3 is 10.4 Å². The van der Waals surface area contributed by atoms with Gasteiger partial charge in [-0.3, -0.25) is 0 Å². The molecule has 1 aromatic rings. The SMILES string of the molecule is CCCCCCCCc1ccc([C@H]2CN[C@H](CO)C2)cc1. The summed E-state index contributed by atoms with van der Waals surface area (Å²) in [4.78, 5) is 0. The number of unbranched alkanes of at least 4 members (excludes halogenated alkanes) is 5. The number of benzene rings is 1. The van der Waals surface area contributed by atoms with E-state index in [1.807, 2.05) is 0 Å². The molecular weight excluding hydrogens is 258 g/mol. The minimum absolute atomic E-state index is 0.257. The fourth-order valence-corrected chi connectivity index (χ4v) is 3.28. The summed E-state index contributed by atoms with van der Waals surface area (Å²) in [6.45, 7) is 3.53. The highest BCUT2D eigenvalue weighted by Gasteiger charge is 2.24. The molecule has 118 valence electrons. The van der Waals surface area contributed by atoms with Crippen molar-refractivity contribution in [1.82, 2.24) is 5.32 Å². The first-order valence-corrected chi connectivity index (χ1v) is 8.76. The van der Waals surface area contributed by atoms with Gasteiger partial charge in [-0.25, -0.2) is 0 Å². The van der Waals surface area contributed by atoms with Crippen LogP contribution in [0.25, 0.3) is 0 Å². The number of aliphatic hydroxyl groups excluding tert-OH is 1. The zero-order valence-electron chi connectivity index (χ0n) is 13.5. The molecule has 0 unspecified atom stereocenters. The van der Waals surface area contributed by atoms with Crippen LogP contribution in [0.1, 0.15) is 68.9 Å². The van der Waals surface area contributed by atoms with Gasteiger partial charge in [0.2, 0.25) is 0 Å². The molecule has 0 spiro atoms. The molecule has 1 aliphatic rings. The molecule has 2 rings (SSSR count). The molecule has 0 aliphatic carbocycles. The molecule has 1 saturated heterocycles. The highest BCUT2D eigenvalue weighted by Crippen LogP contribution is 2.26. The van der Waals surface area contributed by atoms with Crippen LogP contribution in [0, 0.1) is 0 Å². The van der Waals surface area contributed by atoms with Crippen molar-refractivity contribution >= 4 is 0 Å². The van der Waals surface area contributed by atoms with E-state index in [0.717, 1.165) is 13.0 Å². The third-order valence-corrected chi connectivity index (χ3v) is 4.71. The zero-order valence-corrected chi connectivity index (χ0v) is 13.5. The van der Waals surface area contributed by atoms with Crippen LogP contribution in [0.2, 0.25) is 0 Å². The quantitative estimate of drug-likeness (QED) is 0.673. The maximum absolute atomic E-state index is 9.19. The number of hydrogen-bond donors (Lipinski definition) is 2. The average Bonchev–Trinajstić information content (AvgIpc) is 3.00. The van der Waals surface area contributed by atoms with Crippen molar-refractivity contribution in [2.75, 3.05) is 13.2 Å². The first-order chi connectivity index (χ1) is 10.3. The van der Waals surface area contributed by atoms with Crippen LogP contribution in [0.5, 0.6) is 0 Å². The molecule has 0 amide bonds. The minimum Gasteiger partial charge on any atom is -0.395 e. The van der Waals surface area contributed by atoms with Crippen molar-refractivity contribution < 1.29 is 5.11 Å². The Balaban J connectivity index is 1.70. The summed E-state index contributed by atoms with van der Waals surface area (Å²) in [6, 6.07) is 9.47. The van der Waals surface area contributed by atoms with Gasteiger partial charge in [0.25, 0.3) is 0 Å². The number of aliphatic hydroxyl groups is 1. The van der Waals surface area contributed by atoms with Crippen molar-refractivity contribution in [1.29, 1.82) is 0 Å². The van der Waals surface area contributed by atoms with E-state index in [1.165, 1.54) is 56.1 Å². The molecular formula is C19H31NO. The topological polar surface area (TPSA) is 32.3 Å². The summed E-state index contributed by atoms with van der Waals surface area (Å²) in [5.41, 5.74) is 2.89. The lowest BCUT2D eigenvalue weighted by Crippen LogP contribution is -2.24. The molecule has 2 nitrogen and oxygen atoms in total. The van der Waals surface area contributed by atoms with Gasteiger partial charge >= 0.3 is 0 Å². The van der Waals surface area contributed by atoms with Crippen LogP contribution in [-0.4, -0.2) is 24.3 Å². The van der Waals surface area contributed by atoms with Crippen LogP contribution < -0.4 is 5.32 Å². The van der Waals surface area contributed by atoms with E-state index >= 15 is 0 Å². The van der Waals surface area contributed by atoms with Gasteiger partial charge in [0, 0.05) is 12.6 Å². The lowest BCUT2D eigenvalue weighted by Gasteiger charge is -2.10. The summed E-state index contributed by atoms with van der Waals surface area (Å²) >= 11 is 0. The van der Waals surface area contributed by atoms with E-state index in [4.69, 9.17) is 0 Å². The Bertz CT molecular complexity index is 387. The Labute approximate surface area is 130 Å². The van der Waals surface area contributed by atoms with Crippen molar-refractivity contribution in [3.63, 3.8) is 0 Å². The summed E-state index contributed by atoms with van der Waals surface area (Å²) in [5, 5.41) is 12.6. The number of nitrogens with one attached hydrogen (secondary N) is 1. The Hall–Kier alpha value is -0.860. The van der Waals surface area contributed by atoms with E-state index in [2.05, 4.69) is 36.5 Å². The highest BCUT2D eigenvalue weighted by molar-refractivity contribution is 5.26. The molecule has 21 heavy (non-hydrogen) atoms. The lowest BCUT2D eigenvalue weighted by atomic mass is 9.94. The predicted molar refractivity (Wildman–Crippen MR) is 89.8 cm³/mol. The summed E-state index contributed by atoms with van der Waals surface area (Å²) in [7, 11) is 0. The second-order valence-electron chi connectivity index (χ2n) is 6.48. The Morgan fingerprint density at radius 1 is 1.05 bits per heavy atom. The number of aryl methyl sites for hydroxylation is 1. The number of rotatable bonds is 9. The largest absolute Gasteiger partial charge is 0.395 e. The van der Waals surface area contributed by atoms with Gasteiger partial charge in [-0.2, -0.15) is 0 Å². The van der Waals surface area contributed by atoms with Crippen LogP contribution in [0.3, 0.4) is 0 Å². The van der Waals surface area contributed by atoms with Crippen LogP contribution in [0.4, 0.5) is 0 Å². The highest BCUT2D eigenvalue weighted by atomic mass is 16.3. The van der Waals surface area contributed by atoms with Crippen molar-refractivity contribution in [3.05, 3.63) is 35.4 Å². The first-order valence-electron chi connectivity index (χ1n) is 8.76. The molecule has 1 aliphatic heterocycles. The molecule has 0 aromatic heterocycles. The molecule has 2 N–H and O–H groups in total. The van der Waals surface area contributed by atoms with Crippen LogP contribution in [-0.2, 0) is 6.42 Å². The fraction of sp³-hybridized carbons (Fsp3) is 0.684. The standard InChI is InChI=1S/C19H31NO/c1-2-3-4-5-6-7-8-16-9-11-17(12-10-16)18-13-19(15-21)20-14-18/h9-12,18-21H,2-8,13-15H2,1H3/t18-,19+/m1/s1. The van der Waals surface area contributed by atoms with Crippen molar-refractivity contribution in [2.45, 2.75) is 70.3 Å². The Morgan fingerprint density at radius 3 is 2.43 bits per heavy atom. The second-order valence-corrected chi connectivity index (χ2v) is 6.48. The zero-order chi connectivity index (χ0) is 14.9. The van der Waals surface area contributed by atoms with E-state index in [0.29, 0.717) is 5.92 Å². The third kappa shape index (κ3) is 5.44. The van der Waals surface area contributed by atoms with Gasteiger partial charge in [0.15, 0.2) is 0 Å². The van der Waals surface area contributed by atoms with E-state index in [9.17, 15) is 5.11 Å². The first kappa shape index (κ1) is 16.5. The van der Waals surface area contributed by atoms with Gasteiger partial charge in [0.1, 0.15) is 0 Å². The Morgan fingerprint density at radius 2 is 1.76 bits per heavy atom. The van der Waals surface area contributed by atoms with Crippen LogP contribution >= 0.6 is 0 Å². The Kier molecular flexibility index (Phi) is 7.25. The summed E-state index contributed by atoms with van der Waals surface area (Å²) < 4.78 is 0. The molecule has 0 saturated carbocycles. The van der Waals surface area contributed by atoms with Crippen LogP contribution in [0.15, 0.2) is 24.3 Å². The fourth-order valence-electron chi connectivity index (χ4n) is 3.28. The van der Waals surface area contributed by atoms with Crippen molar-refractivity contribution in [3.8, 4) is 0 Å². The van der Waals surface area contributed by atoms with Gasteiger partial charge in [-0.05, 0) is 36.3 Å². The maximum Gasteiger partial charge on any atom is 0.0584 e. The predicted octanol–water partition coefficient (Wildman–Crippen LogP) is 4.03. The lowest BCUT2D eigenvalue weighted by molar-refractivity contribution is 0.254. The summed E-state index contributed by atoms with van der Waals surface area (Å²) in [6.07, 6.45) is 10.5. The van der Waals surface area contributed by atoms with E-state index in [1.54, 1.807) is 0 Å². The molecule has 1 aromatic carbocycles. The second kappa shape index (κ2) is 9.22.